The molecule has 0 N–H and O–H groups in total. The zero-order chi connectivity index (χ0) is 11.5. The molecular weight excluding hydrogens is 341 g/mol. The van der Waals surface area contributed by atoms with Crippen LogP contribution < -0.4 is 4.57 Å². The van der Waals surface area contributed by atoms with Gasteiger partial charge in [-0.25, -0.2) is 0 Å². The fraction of sp³-hybridized carbons (Fsp3) is 0.357. The first kappa shape index (κ1) is 14.8. The van der Waals surface area contributed by atoms with Gasteiger partial charge in [0.2, 0.25) is 10.5 Å². The Morgan fingerprint density at radius 2 is 1.88 bits per heavy atom. The maximum Gasteiger partial charge on any atom is 0.240 e. The lowest BCUT2D eigenvalue weighted by atomic mass is 10.1. The minimum atomic E-state index is 0. The Hall–Kier alpha value is -0.290. The number of nitrogens with zero attached hydrogens (tertiary/aromatic N) is 1. The summed E-state index contributed by atoms with van der Waals surface area (Å²) >= 11 is 1.91. The van der Waals surface area contributed by atoms with Gasteiger partial charge in [0.1, 0.15) is 6.54 Å². The number of aryl methyl sites for hydroxylation is 2. The molecule has 17 heavy (non-hydrogen) atoms. The number of rotatable bonds is 3. The summed E-state index contributed by atoms with van der Waals surface area (Å²) in [6.07, 6.45) is 0. The Balaban J connectivity index is 0.00000144. The Morgan fingerprint density at radius 1 is 1.12 bits per heavy atom. The molecule has 92 valence electrons. The highest BCUT2D eigenvalue weighted by Crippen LogP contribution is 2.19. The van der Waals surface area contributed by atoms with Gasteiger partial charge in [-0.15, -0.1) is 24.0 Å². The van der Waals surface area contributed by atoms with Crippen LogP contribution in [0.3, 0.4) is 0 Å². The van der Waals surface area contributed by atoms with Crippen LogP contribution >= 0.6 is 35.7 Å². The zero-order valence-electron chi connectivity index (χ0n) is 10.6. The van der Waals surface area contributed by atoms with Crippen molar-refractivity contribution in [3.8, 4) is 0 Å². The van der Waals surface area contributed by atoms with E-state index >= 15 is 0 Å². The van der Waals surface area contributed by atoms with Gasteiger partial charge in [-0.3, -0.25) is 0 Å². The molecule has 0 aliphatic heterocycles. The minimum absolute atomic E-state index is 0. The molecule has 0 amide bonds. The van der Waals surface area contributed by atoms with Crippen molar-refractivity contribution in [2.24, 2.45) is 0 Å². The first-order valence-electron chi connectivity index (χ1n) is 5.82. The molecule has 1 nitrogen and oxygen atoms in total. The molecule has 0 radical (unpaired) electrons. The molecule has 0 atom stereocenters. The number of fused-ring (bicyclic) bond motifs is 1. The third kappa shape index (κ3) is 3.13. The molecule has 0 bridgehead atoms. The van der Waals surface area contributed by atoms with E-state index in [0.717, 1.165) is 12.3 Å². The topological polar surface area (TPSA) is 3.88 Å². The smallest absolute Gasteiger partial charge is 0.186 e. The van der Waals surface area contributed by atoms with Crippen LogP contribution in [0.25, 0.3) is 10.9 Å². The van der Waals surface area contributed by atoms with Crippen LogP contribution in [0, 0.1) is 6.92 Å². The van der Waals surface area contributed by atoms with E-state index in [1.165, 1.54) is 21.5 Å². The maximum atomic E-state index is 2.39. The SMILES string of the molecule is CCSc1ccc2cc(C)ccc2[n+]1CC.I. The molecule has 0 fully saturated rings. The number of halogens is 1. The van der Waals surface area contributed by atoms with Gasteiger partial charge in [0.15, 0.2) is 0 Å². The molecule has 1 heterocycles. The summed E-state index contributed by atoms with van der Waals surface area (Å²) in [5.74, 6) is 1.12. The van der Waals surface area contributed by atoms with Crippen molar-refractivity contribution >= 4 is 46.6 Å². The van der Waals surface area contributed by atoms with Crippen molar-refractivity contribution in [1.29, 1.82) is 0 Å². The summed E-state index contributed by atoms with van der Waals surface area (Å²) in [6, 6.07) is 11.1. The lowest BCUT2D eigenvalue weighted by molar-refractivity contribution is -0.704. The molecule has 3 heteroatoms. The first-order chi connectivity index (χ1) is 7.76. The average Bonchev–Trinajstić information content (AvgIpc) is 2.29. The van der Waals surface area contributed by atoms with Crippen molar-refractivity contribution < 1.29 is 4.57 Å². The largest absolute Gasteiger partial charge is 0.240 e. The van der Waals surface area contributed by atoms with Crippen LogP contribution in [0.1, 0.15) is 19.4 Å². The van der Waals surface area contributed by atoms with E-state index in [1.54, 1.807) is 0 Å². The van der Waals surface area contributed by atoms with E-state index in [1.807, 2.05) is 11.8 Å². The van der Waals surface area contributed by atoms with Crippen molar-refractivity contribution in [2.75, 3.05) is 5.75 Å². The summed E-state index contributed by atoms with van der Waals surface area (Å²) < 4.78 is 2.39. The predicted octanol–water partition coefficient (Wildman–Crippen LogP) is 4.19. The number of hydrogen-bond donors (Lipinski definition) is 0. The van der Waals surface area contributed by atoms with Gasteiger partial charge in [0.05, 0.1) is 0 Å². The van der Waals surface area contributed by atoms with Crippen LogP contribution in [0.2, 0.25) is 0 Å². The Labute approximate surface area is 125 Å². The highest BCUT2D eigenvalue weighted by atomic mass is 127. The lowest BCUT2D eigenvalue weighted by Gasteiger charge is -2.04. The normalized spacial score (nSPS) is 10.3. The molecule has 0 aliphatic rings. The highest BCUT2D eigenvalue weighted by Gasteiger charge is 2.13. The number of benzene rings is 1. The van der Waals surface area contributed by atoms with E-state index in [9.17, 15) is 0 Å². The first-order valence-corrected chi connectivity index (χ1v) is 6.80. The van der Waals surface area contributed by atoms with Crippen LogP contribution in [-0.4, -0.2) is 5.75 Å². The van der Waals surface area contributed by atoms with E-state index < -0.39 is 0 Å². The fourth-order valence-electron chi connectivity index (χ4n) is 2.02. The Morgan fingerprint density at radius 3 is 2.53 bits per heavy atom. The van der Waals surface area contributed by atoms with Gasteiger partial charge in [-0.2, -0.15) is 4.57 Å². The molecule has 0 spiro atoms. The number of thioether (sulfide) groups is 1. The molecule has 2 aromatic rings. The monoisotopic (exact) mass is 360 g/mol. The van der Waals surface area contributed by atoms with Gasteiger partial charge < -0.3 is 0 Å². The van der Waals surface area contributed by atoms with Crippen molar-refractivity contribution in [2.45, 2.75) is 32.3 Å². The van der Waals surface area contributed by atoms with E-state index in [2.05, 4.69) is 55.7 Å². The van der Waals surface area contributed by atoms with Gasteiger partial charge in [0.25, 0.3) is 0 Å². The van der Waals surface area contributed by atoms with Gasteiger partial charge in [-0.1, -0.05) is 30.3 Å². The van der Waals surface area contributed by atoms with Gasteiger partial charge in [-0.05, 0) is 26.0 Å². The number of aromatic nitrogens is 1. The van der Waals surface area contributed by atoms with Crippen molar-refractivity contribution in [1.82, 2.24) is 0 Å². The average molecular weight is 360 g/mol. The summed E-state index contributed by atoms with van der Waals surface area (Å²) in [5.41, 5.74) is 2.66. The van der Waals surface area contributed by atoms with Crippen LogP contribution in [-0.2, 0) is 6.54 Å². The summed E-state index contributed by atoms with van der Waals surface area (Å²) in [7, 11) is 0. The van der Waals surface area contributed by atoms with Gasteiger partial charge in [0, 0.05) is 23.3 Å². The summed E-state index contributed by atoms with van der Waals surface area (Å²) in [6.45, 7) is 7.58. The van der Waals surface area contributed by atoms with Crippen molar-refractivity contribution in [3.05, 3.63) is 35.9 Å². The third-order valence-corrected chi connectivity index (χ3v) is 3.69. The van der Waals surface area contributed by atoms with Crippen molar-refractivity contribution in [3.63, 3.8) is 0 Å². The van der Waals surface area contributed by atoms with Gasteiger partial charge >= 0.3 is 0 Å². The molecule has 0 unspecified atom stereocenters. The van der Waals surface area contributed by atoms with E-state index in [0.29, 0.717) is 0 Å². The minimum Gasteiger partial charge on any atom is -0.186 e. The van der Waals surface area contributed by atoms with Crippen LogP contribution in [0.15, 0.2) is 35.4 Å². The van der Waals surface area contributed by atoms with E-state index in [-0.39, 0.29) is 24.0 Å². The number of hydrogen-bond acceptors (Lipinski definition) is 1. The maximum absolute atomic E-state index is 2.39. The van der Waals surface area contributed by atoms with Crippen LogP contribution in [0.4, 0.5) is 0 Å². The zero-order valence-corrected chi connectivity index (χ0v) is 13.7. The second-order valence-corrected chi connectivity index (χ2v) is 5.20. The second-order valence-electron chi connectivity index (χ2n) is 3.91. The lowest BCUT2D eigenvalue weighted by Crippen LogP contribution is -2.35. The molecule has 1 aromatic carbocycles. The molecular formula is C14H19INS+. The Kier molecular flexibility index (Phi) is 5.73. The predicted molar refractivity (Wildman–Crippen MR) is 86.4 cm³/mol. The highest BCUT2D eigenvalue weighted by molar-refractivity contribution is 14.0. The summed E-state index contributed by atoms with van der Waals surface area (Å²) in [4.78, 5) is 0. The standard InChI is InChI=1S/C14H18NS.HI/c1-4-15-13-8-6-11(3)10-12(13)7-9-14(15)16-5-2;/h6-10H,4-5H2,1-3H3;1H/q+1;. The second kappa shape index (κ2) is 6.59. The van der Waals surface area contributed by atoms with Crippen LogP contribution in [0.5, 0.6) is 0 Å². The third-order valence-electron chi connectivity index (χ3n) is 2.75. The molecule has 2 rings (SSSR count). The molecule has 0 saturated heterocycles. The molecule has 0 aliphatic carbocycles. The quantitative estimate of drug-likeness (QED) is 0.451. The van der Waals surface area contributed by atoms with E-state index in [4.69, 9.17) is 0 Å². The Bertz CT molecular complexity index is 511. The fourth-order valence-corrected chi connectivity index (χ4v) is 2.87. The molecule has 0 saturated carbocycles. The molecule has 1 aromatic heterocycles. The summed E-state index contributed by atoms with van der Waals surface area (Å²) in [5, 5.41) is 2.70. The number of pyridine rings is 1.